The fraction of sp³-hybridized carbons (Fsp3) is 0.778. The van der Waals surface area contributed by atoms with Crippen molar-refractivity contribution in [2.45, 2.75) is 45.8 Å². The van der Waals surface area contributed by atoms with Crippen molar-refractivity contribution in [3.8, 4) is 0 Å². The molecule has 0 aliphatic carbocycles. The number of hydroxylamine groups is 3. The molecule has 0 aromatic heterocycles. The third-order valence-corrected chi connectivity index (χ3v) is 3.19. The molecule has 0 bridgehead atoms. The van der Waals surface area contributed by atoms with Gasteiger partial charge in [-0.15, -0.1) is 5.06 Å². The molecule has 14 heavy (non-hydrogen) atoms. The van der Waals surface area contributed by atoms with Gasteiger partial charge in [0.15, 0.2) is 5.71 Å². The Bertz CT molecular complexity index is 322. The van der Waals surface area contributed by atoms with Gasteiger partial charge in [0, 0.05) is 20.8 Å². The molecule has 1 N–H and O–H groups in total. The lowest BCUT2D eigenvalue weighted by atomic mass is 9.99. The molecular weight excluding hydrogens is 184 g/mol. The first-order chi connectivity index (χ1) is 6.16. The van der Waals surface area contributed by atoms with E-state index < -0.39 is 11.2 Å². The third kappa shape index (κ3) is 1.02. The van der Waals surface area contributed by atoms with E-state index in [2.05, 4.69) is 0 Å². The average molecular weight is 200 g/mol. The summed E-state index contributed by atoms with van der Waals surface area (Å²) in [6.07, 6.45) is 0. The molecule has 0 fully saturated rings. The number of hydrogen-bond acceptors (Lipinski definition) is 4. The van der Waals surface area contributed by atoms with Crippen molar-refractivity contribution in [3.05, 3.63) is 5.21 Å². The van der Waals surface area contributed by atoms with Gasteiger partial charge in [-0.25, -0.2) is 0 Å². The largest absolute Gasteiger partial charge is 0.622 e. The summed E-state index contributed by atoms with van der Waals surface area (Å²) in [5, 5.41) is 22.4. The van der Waals surface area contributed by atoms with E-state index in [0.717, 1.165) is 5.06 Å². The van der Waals surface area contributed by atoms with Crippen LogP contribution in [0.2, 0.25) is 0 Å². The lowest BCUT2D eigenvalue weighted by molar-refractivity contribution is -0.565. The van der Waals surface area contributed by atoms with Crippen molar-refractivity contribution in [2.75, 3.05) is 0 Å². The highest BCUT2D eigenvalue weighted by atomic mass is 16.6. The zero-order valence-corrected chi connectivity index (χ0v) is 9.16. The Morgan fingerprint density at radius 2 is 1.93 bits per heavy atom. The van der Waals surface area contributed by atoms with Crippen LogP contribution in [0, 0.1) is 5.21 Å². The first-order valence-corrected chi connectivity index (χ1v) is 4.48. The van der Waals surface area contributed by atoms with Gasteiger partial charge in [0.2, 0.25) is 5.78 Å². The molecule has 1 rings (SSSR count). The summed E-state index contributed by atoms with van der Waals surface area (Å²) in [5.41, 5.74) is -1.87. The highest BCUT2D eigenvalue weighted by Gasteiger charge is 2.60. The van der Waals surface area contributed by atoms with Crippen LogP contribution in [0.1, 0.15) is 34.6 Å². The van der Waals surface area contributed by atoms with Crippen LogP contribution in [-0.4, -0.2) is 37.7 Å². The maximum absolute atomic E-state index is 11.8. The maximum atomic E-state index is 11.8. The summed E-state index contributed by atoms with van der Waals surface area (Å²) in [7, 11) is 0. The van der Waals surface area contributed by atoms with E-state index in [1.807, 2.05) is 0 Å². The Balaban J connectivity index is 3.35. The van der Waals surface area contributed by atoms with Crippen LogP contribution >= 0.6 is 0 Å². The molecule has 1 unspecified atom stereocenters. The van der Waals surface area contributed by atoms with E-state index in [1.165, 1.54) is 13.8 Å². The minimum atomic E-state index is -1.49. The number of Topliss-reactive ketones (excluding diaryl/α,β-unsaturated/α-hetero) is 1. The minimum Gasteiger partial charge on any atom is -0.622 e. The van der Waals surface area contributed by atoms with E-state index in [9.17, 15) is 15.2 Å². The molecule has 1 heterocycles. The molecule has 0 aromatic rings. The lowest BCUT2D eigenvalue weighted by Gasteiger charge is -2.30. The van der Waals surface area contributed by atoms with Crippen molar-refractivity contribution < 1.29 is 14.7 Å². The van der Waals surface area contributed by atoms with Gasteiger partial charge in [-0.3, -0.25) is 4.79 Å². The molecule has 5 heteroatoms. The van der Waals surface area contributed by atoms with Gasteiger partial charge in [-0.05, 0) is 13.8 Å². The van der Waals surface area contributed by atoms with Crippen LogP contribution < -0.4 is 0 Å². The molecule has 5 nitrogen and oxygen atoms in total. The van der Waals surface area contributed by atoms with E-state index >= 15 is 0 Å². The summed E-state index contributed by atoms with van der Waals surface area (Å²) in [6.45, 7) is 7.72. The molecule has 0 radical (unpaired) electrons. The predicted molar refractivity (Wildman–Crippen MR) is 51.1 cm³/mol. The number of carbonyl (C=O) groups excluding carboxylic acids is 1. The molecule has 1 aliphatic heterocycles. The Kier molecular flexibility index (Phi) is 2.21. The first kappa shape index (κ1) is 11.1. The fourth-order valence-electron chi connectivity index (χ4n) is 1.65. The van der Waals surface area contributed by atoms with Crippen molar-refractivity contribution in [1.82, 2.24) is 5.06 Å². The molecule has 0 spiro atoms. The van der Waals surface area contributed by atoms with E-state index in [4.69, 9.17) is 0 Å². The van der Waals surface area contributed by atoms with Crippen LogP contribution in [0.4, 0.5) is 0 Å². The second-order valence-electron chi connectivity index (χ2n) is 4.33. The van der Waals surface area contributed by atoms with Gasteiger partial charge >= 0.3 is 5.66 Å². The van der Waals surface area contributed by atoms with Gasteiger partial charge in [-0.2, -0.15) is 4.74 Å². The van der Waals surface area contributed by atoms with Crippen molar-refractivity contribution in [2.24, 2.45) is 0 Å². The highest BCUT2D eigenvalue weighted by molar-refractivity contribution is 5.93. The number of carbonyl (C=O) groups is 1. The number of hydrogen-bond donors (Lipinski definition) is 1. The fourth-order valence-corrected chi connectivity index (χ4v) is 1.65. The molecule has 1 aliphatic rings. The standard InChI is InChI=1S/C9H16N2O3/c1-6-8(3,4)11(14)9(5,7(2)12)10(6)13/h14H,1-5H3. The maximum Gasteiger partial charge on any atom is 0.307 e. The molecule has 0 saturated heterocycles. The van der Waals surface area contributed by atoms with E-state index in [0.29, 0.717) is 10.5 Å². The van der Waals surface area contributed by atoms with Crippen LogP contribution in [0.3, 0.4) is 0 Å². The zero-order valence-electron chi connectivity index (χ0n) is 9.16. The first-order valence-electron chi connectivity index (χ1n) is 4.48. The molecule has 80 valence electrons. The van der Waals surface area contributed by atoms with Gasteiger partial charge in [0.1, 0.15) is 5.54 Å². The summed E-state index contributed by atoms with van der Waals surface area (Å²) in [4.78, 5) is 11.4. The number of rotatable bonds is 1. The number of nitrogens with zero attached hydrogens (tertiary/aromatic N) is 2. The van der Waals surface area contributed by atoms with Crippen molar-refractivity contribution in [1.29, 1.82) is 0 Å². The summed E-state index contributed by atoms with van der Waals surface area (Å²) in [5.74, 6) is -0.375. The van der Waals surface area contributed by atoms with Gasteiger partial charge in [0.05, 0.1) is 0 Å². The Morgan fingerprint density at radius 3 is 2.07 bits per heavy atom. The van der Waals surface area contributed by atoms with E-state index in [1.54, 1.807) is 20.8 Å². The normalized spacial score (nSPS) is 32.4. The third-order valence-electron chi connectivity index (χ3n) is 3.19. The van der Waals surface area contributed by atoms with Crippen LogP contribution in [0.5, 0.6) is 0 Å². The second kappa shape index (κ2) is 2.77. The van der Waals surface area contributed by atoms with Gasteiger partial charge < -0.3 is 10.4 Å². The summed E-state index contributed by atoms with van der Waals surface area (Å²) in [6, 6.07) is 0. The SMILES string of the molecule is CC(=O)C1(C)N(O)C(C)(C)C(C)=[N+]1[O-]. The molecule has 0 aromatic carbocycles. The average Bonchev–Trinajstić information content (AvgIpc) is 2.21. The van der Waals surface area contributed by atoms with Crippen molar-refractivity contribution in [3.63, 3.8) is 0 Å². The lowest BCUT2D eigenvalue weighted by Crippen LogP contribution is -2.56. The van der Waals surface area contributed by atoms with Gasteiger partial charge in [-0.1, -0.05) is 0 Å². The predicted octanol–water partition coefficient (Wildman–Crippen LogP) is 0.746. The van der Waals surface area contributed by atoms with Crippen LogP contribution in [0.25, 0.3) is 0 Å². The number of ketones is 1. The molecule has 0 saturated carbocycles. The van der Waals surface area contributed by atoms with Crippen molar-refractivity contribution >= 4 is 11.5 Å². The summed E-state index contributed by atoms with van der Waals surface area (Å²) >= 11 is 0. The molecule has 1 atom stereocenters. The summed E-state index contributed by atoms with van der Waals surface area (Å²) < 4.78 is 0.579. The molecule has 0 amide bonds. The van der Waals surface area contributed by atoms with Crippen LogP contribution in [0.15, 0.2) is 0 Å². The highest BCUT2D eigenvalue weighted by Crippen LogP contribution is 2.32. The quantitative estimate of drug-likeness (QED) is 0.501. The monoisotopic (exact) mass is 200 g/mol. The van der Waals surface area contributed by atoms with E-state index in [-0.39, 0.29) is 5.78 Å². The molecular formula is C9H16N2O3. The van der Waals surface area contributed by atoms with Crippen LogP contribution in [-0.2, 0) is 4.79 Å². The smallest absolute Gasteiger partial charge is 0.307 e. The van der Waals surface area contributed by atoms with Gasteiger partial charge in [0.25, 0.3) is 0 Å². The Hall–Kier alpha value is -0.940. The minimum absolute atomic E-state index is 0.375. The Morgan fingerprint density at radius 1 is 1.50 bits per heavy atom. The zero-order chi connectivity index (χ0) is 11.3. The second-order valence-corrected chi connectivity index (χ2v) is 4.33. The topological polar surface area (TPSA) is 66.6 Å². The Labute approximate surface area is 83.2 Å².